The van der Waals surface area contributed by atoms with Crippen molar-refractivity contribution >= 4 is 5.69 Å². The van der Waals surface area contributed by atoms with Crippen molar-refractivity contribution in [2.45, 2.75) is 25.4 Å². The smallest absolute Gasteiger partial charge is 0.0947 e. The SMILES string of the molecule is Nc1ccc2c(c1)CCC2NCc1ccoc1. The number of nitrogen functional groups attached to an aromatic ring is 1. The van der Waals surface area contributed by atoms with Gasteiger partial charge in [0, 0.05) is 23.8 Å². The molecule has 3 rings (SSSR count). The molecule has 88 valence electrons. The summed E-state index contributed by atoms with van der Waals surface area (Å²) in [4.78, 5) is 0. The van der Waals surface area contributed by atoms with Gasteiger partial charge in [0.1, 0.15) is 0 Å². The molecular weight excluding hydrogens is 212 g/mol. The fraction of sp³-hybridized carbons (Fsp3) is 0.286. The third-order valence-electron chi connectivity index (χ3n) is 3.38. The van der Waals surface area contributed by atoms with Crippen LogP contribution in [0.1, 0.15) is 29.2 Å². The van der Waals surface area contributed by atoms with E-state index in [4.69, 9.17) is 10.2 Å². The van der Waals surface area contributed by atoms with Gasteiger partial charge in [0.05, 0.1) is 12.5 Å². The van der Waals surface area contributed by atoms with E-state index >= 15 is 0 Å². The molecule has 3 heteroatoms. The number of rotatable bonds is 3. The van der Waals surface area contributed by atoms with Crippen LogP contribution in [-0.2, 0) is 13.0 Å². The summed E-state index contributed by atoms with van der Waals surface area (Å²) in [5, 5.41) is 3.56. The number of fused-ring (bicyclic) bond motifs is 1. The van der Waals surface area contributed by atoms with Crippen molar-refractivity contribution in [1.82, 2.24) is 5.32 Å². The Balaban J connectivity index is 1.71. The van der Waals surface area contributed by atoms with Gasteiger partial charge in [-0.2, -0.15) is 0 Å². The van der Waals surface area contributed by atoms with Gasteiger partial charge in [-0.15, -0.1) is 0 Å². The van der Waals surface area contributed by atoms with Gasteiger partial charge in [-0.05, 0) is 42.2 Å². The van der Waals surface area contributed by atoms with Crippen molar-refractivity contribution in [1.29, 1.82) is 0 Å². The van der Waals surface area contributed by atoms with Crippen molar-refractivity contribution in [3.8, 4) is 0 Å². The maximum Gasteiger partial charge on any atom is 0.0947 e. The Morgan fingerprint density at radius 1 is 1.35 bits per heavy atom. The molecule has 0 spiro atoms. The van der Waals surface area contributed by atoms with Crippen LogP contribution in [0.2, 0.25) is 0 Å². The molecule has 1 aromatic carbocycles. The minimum atomic E-state index is 0.445. The van der Waals surface area contributed by atoms with Gasteiger partial charge in [0.25, 0.3) is 0 Å². The molecule has 0 bridgehead atoms. The fourth-order valence-electron chi connectivity index (χ4n) is 2.48. The first-order chi connectivity index (χ1) is 8.33. The van der Waals surface area contributed by atoms with Crippen molar-refractivity contribution in [2.24, 2.45) is 0 Å². The number of aryl methyl sites for hydroxylation is 1. The summed E-state index contributed by atoms with van der Waals surface area (Å²) in [5.41, 5.74) is 10.6. The van der Waals surface area contributed by atoms with Crippen molar-refractivity contribution in [2.75, 3.05) is 5.73 Å². The molecule has 0 aliphatic heterocycles. The molecule has 1 aliphatic rings. The summed E-state index contributed by atoms with van der Waals surface area (Å²) in [6.07, 6.45) is 5.76. The Kier molecular flexibility index (Phi) is 2.61. The van der Waals surface area contributed by atoms with E-state index in [0.717, 1.165) is 25.1 Å². The van der Waals surface area contributed by atoms with Gasteiger partial charge in [-0.1, -0.05) is 6.07 Å². The standard InChI is InChI=1S/C14H16N2O/c15-12-2-3-13-11(7-12)1-4-14(13)16-8-10-5-6-17-9-10/h2-3,5-7,9,14,16H,1,4,8,15H2. The van der Waals surface area contributed by atoms with Crippen LogP contribution < -0.4 is 11.1 Å². The summed E-state index contributed by atoms with van der Waals surface area (Å²) in [6, 6.07) is 8.66. The first-order valence-electron chi connectivity index (χ1n) is 5.96. The molecule has 1 aromatic heterocycles. The van der Waals surface area contributed by atoms with E-state index in [2.05, 4.69) is 17.4 Å². The van der Waals surface area contributed by atoms with E-state index in [1.807, 2.05) is 12.1 Å². The topological polar surface area (TPSA) is 51.2 Å². The summed E-state index contributed by atoms with van der Waals surface area (Å²) in [6.45, 7) is 0.852. The summed E-state index contributed by atoms with van der Waals surface area (Å²) < 4.78 is 5.06. The number of nitrogens with two attached hydrogens (primary N) is 1. The van der Waals surface area contributed by atoms with Gasteiger partial charge in [0.2, 0.25) is 0 Å². The van der Waals surface area contributed by atoms with Gasteiger partial charge >= 0.3 is 0 Å². The predicted molar refractivity (Wildman–Crippen MR) is 67.5 cm³/mol. The lowest BCUT2D eigenvalue weighted by Gasteiger charge is -2.13. The van der Waals surface area contributed by atoms with Crippen LogP contribution in [0.3, 0.4) is 0 Å². The minimum Gasteiger partial charge on any atom is -0.472 e. The zero-order valence-corrected chi connectivity index (χ0v) is 9.65. The number of hydrogen-bond acceptors (Lipinski definition) is 3. The number of anilines is 1. The molecule has 0 saturated carbocycles. The van der Waals surface area contributed by atoms with Crippen LogP contribution in [0.5, 0.6) is 0 Å². The highest BCUT2D eigenvalue weighted by atomic mass is 16.3. The van der Waals surface area contributed by atoms with E-state index in [0.29, 0.717) is 6.04 Å². The average Bonchev–Trinajstić information content (AvgIpc) is 2.94. The third-order valence-corrected chi connectivity index (χ3v) is 3.38. The Morgan fingerprint density at radius 3 is 3.12 bits per heavy atom. The summed E-state index contributed by atoms with van der Waals surface area (Å²) >= 11 is 0. The highest BCUT2D eigenvalue weighted by Gasteiger charge is 2.21. The Morgan fingerprint density at radius 2 is 2.29 bits per heavy atom. The van der Waals surface area contributed by atoms with E-state index in [9.17, 15) is 0 Å². The van der Waals surface area contributed by atoms with Crippen LogP contribution in [-0.4, -0.2) is 0 Å². The molecule has 17 heavy (non-hydrogen) atoms. The van der Waals surface area contributed by atoms with Gasteiger partial charge in [0.15, 0.2) is 0 Å². The Labute approximate surface area is 101 Å². The lowest BCUT2D eigenvalue weighted by molar-refractivity contribution is 0.521. The van der Waals surface area contributed by atoms with E-state index in [1.165, 1.54) is 16.7 Å². The molecule has 0 fully saturated rings. The number of benzene rings is 1. The van der Waals surface area contributed by atoms with Crippen molar-refractivity contribution < 1.29 is 4.42 Å². The number of hydrogen-bond donors (Lipinski definition) is 2. The molecule has 1 unspecified atom stereocenters. The maximum atomic E-state index is 5.79. The normalized spacial score (nSPS) is 18.2. The average molecular weight is 228 g/mol. The quantitative estimate of drug-likeness (QED) is 0.794. The van der Waals surface area contributed by atoms with Gasteiger partial charge in [-0.25, -0.2) is 0 Å². The van der Waals surface area contributed by atoms with E-state index in [-0.39, 0.29) is 0 Å². The highest BCUT2D eigenvalue weighted by Crippen LogP contribution is 2.32. The maximum absolute atomic E-state index is 5.79. The molecule has 3 nitrogen and oxygen atoms in total. The molecule has 2 aromatic rings. The third kappa shape index (κ3) is 2.06. The Hall–Kier alpha value is -1.74. The van der Waals surface area contributed by atoms with Crippen LogP contribution in [0.25, 0.3) is 0 Å². The van der Waals surface area contributed by atoms with Crippen molar-refractivity contribution in [3.63, 3.8) is 0 Å². The lowest BCUT2D eigenvalue weighted by atomic mass is 10.1. The summed E-state index contributed by atoms with van der Waals surface area (Å²) in [7, 11) is 0. The highest BCUT2D eigenvalue weighted by molar-refractivity contribution is 5.47. The molecule has 1 atom stereocenters. The van der Waals surface area contributed by atoms with Gasteiger partial charge in [-0.3, -0.25) is 0 Å². The molecule has 1 heterocycles. The predicted octanol–water partition coefficient (Wildman–Crippen LogP) is 2.64. The van der Waals surface area contributed by atoms with Crippen LogP contribution >= 0.6 is 0 Å². The van der Waals surface area contributed by atoms with Crippen LogP contribution in [0.4, 0.5) is 5.69 Å². The lowest BCUT2D eigenvalue weighted by Crippen LogP contribution is -2.18. The monoisotopic (exact) mass is 228 g/mol. The number of nitrogens with one attached hydrogen (secondary N) is 1. The number of furan rings is 1. The van der Waals surface area contributed by atoms with Crippen LogP contribution in [0.15, 0.2) is 41.2 Å². The van der Waals surface area contributed by atoms with Crippen molar-refractivity contribution in [3.05, 3.63) is 53.5 Å². The first kappa shape index (κ1) is 10.4. The molecular formula is C14H16N2O. The largest absolute Gasteiger partial charge is 0.472 e. The second-order valence-corrected chi connectivity index (χ2v) is 4.56. The Bertz CT molecular complexity index is 505. The zero-order chi connectivity index (χ0) is 11.7. The zero-order valence-electron chi connectivity index (χ0n) is 9.65. The molecule has 0 radical (unpaired) electrons. The fourth-order valence-corrected chi connectivity index (χ4v) is 2.48. The molecule has 1 aliphatic carbocycles. The second-order valence-electron chi connectivity index (χ2n) is 4.56. The van der Waals surface area contributed by atoms with E-state index < -0.39 is 0 Å². The molecule has 0 saturated heterocycles. The second kappa shape index (κ2) is 4.26. The van der Waals surface area contributed by atoms with E-state index in [1.54, 1.807) is 12.5 Å². The molecule has 3 N–H and O–H groups in total. The van der Waals surface area contributed by atoms with Gasteiger partial charge < -0.3 is 15.5 Å². The van der Waals surface area contributed by atoms with Crippen LogP contribution in [0, 0.1) is 0 Å². The minimum absolute atomic E-state index is 0.445. The summed E-state index contributed by atoms with van der Waals surface area (Å²) in [5.74, 6) is 0. The first-order valence-corrected chi connectivity index (χ1v) is 5.96. The molecule has 0 amide bonds.